The minimum Gasteiger partial charge on any atom is -0.472 e. The van der Waals surface area contributed by atoms with Gasteiger partial charge in [0.25, 0.3) is 0 Å². The van der Waals surface area contributed by atoms with Crippen LogP contribution in [0.3, 0.4) is 0 Å². The summed E-state index contributed by atoms with van der Waals surface area (Å²) in [5, 5.41) is 1.24. The van der Waals surface area contributed by atoms with Gasteiger partial charge in [0.2, 0.25) is 0 Å². The van der Waals surface area contributed by atoms with Crippen LogP contribution in [0.4, 0.5) is 0 Å². The van der Waals surface area contributed by atoms with E-state index in [0.717, 1.165) is 11.1 Å². The standard InChI is InChI=1S/C14H11NO/c1-2-4-14-13(3-1)12(9-15-14)6-5-11-7-8-16-10-11/h1-10,15H. The molecule has 0 unspecified atom stereocenters. The van der Waals surface area contributed by atoms with E-state index >= 15 is 0 Å². The number of fused-ring (bicyclic) bond motifs is 1. The van der Waals surface area contributed by atoms with E-state index in [0.29, 0.717) is 0 Å². The highest BCUT2D eigenvalue weighted by Crippen LogP contribution is 2.19. The third kappa shape index (κ3) is 1.54. The van der Waals surface area contributed by atoms with Crippen molar-refractivity contribution in [1.29, 1.82) is 0 Å². The maximum Gasteiger partial charge on any atom is 0.0974 e. The van der Waals surface area contributed by atoms with E-state index in [2.05, 4.69) is 23.2 Å². The van der Waals surface area contributed by atoms with Crippen LogP contribution in [-0.4, -0.2) is 4.98 Å². The predicted octanol–water partition coefficient (Wildman–Crippen LogP) is 3.93. The smallest absolute Gasteiger partial charge is 0.0974 e. The number of benzene rings is 1. The molecule has 3 aromatic rings. The minimum atomic E-state index is 1.07. The zero-order valence-electron chi connectivity index (χ0n) is 8.68. The third-order valence-electron chi connectivity index (χ3n) is 2.62. The maximum atomic E-state index is 5.01. The van der Waals surface area contributed by atoms with E-state index in [9.17, 15) is 0 Å². The normalized spacial score (nSPS) is 11.5. The number of para-hydroxylation sites is 1. The third-order valence-corrected chi connectivity index (χ3v) is 2.62. The summed E-state index contributed by atoms with van der Waals surface area (Å²) in [7, 11) is 0. The second kappa shape index (κ2) is 3.74. The number of nitrogens with one attached hydrogen (secondary N) is 1. The molecule has 0 aliphatic rings. The Balaban J connectivity index is 2.01. The lowest BCUT2D eigenvalue weighted by Gasteiger charge is -1.90. The van der Waals surface area contributed by atoms with E-state index < -0.39 is 0 Å². The highest BCUT2D eigenvalue weighted by Gasteiger charge is 1.98. The molecular formula is C14H11NO. The lowest BCUT2D eigenvalue weighted by Crippen LogP contribution is -1.67. The monoisotopic (exact) mass is 209 g/mol. The highest BCUT2D eigenvalue weighted by molar-refractivity contribution is 5.91. The van der Waals surface area contributed by atoms with Crippen molar-refractivity contribution in [3.63, 3.8) is 0 Å². The molecule has 78 valence electrons. The molecule has 0 spiro atoms. The molecule has 0 saturated heterocycles. The average Bonchev–Trinajstić information content (AvgIpc) is 2.96. The van der Waals surface area contributed by atoms with Crippen molar-refractivity contribution in [2.24, 2.45) is 0 Å². The van der Waals surface area contributed by atoms with E-state index in [1.165, 1.54) is 10.9 Å². The molecule has 0 fully saturated rings. The topological polar surface area (TPSA) is 28.9 Å². The second-order valence-corrected chi connectivity index (χ2v) is 3.68. The molecule has 0 atom stereocenters. The largest absolute Gasteiger partial charge is 0.472 e. The zero-order valence-corrected chi connectivity index (χ0v) is 8.68. The fourth-order valence-electron chi connectivity index (χ4n) is 1.79. The molecule has 0 radical (unpaired) electrons. The Hall–Kier alpha value is -2.22. The highest BCUT2D eigenvalue weighted by atomic mass is 16.3. The minimum absolute atomic E-state index is 1.07. The Labute approximate surface area is 93.2 Å². The molecule has 16 heavy (non-hydrogen) atoms. The van der Waals surface area contributed by atoms with E-state index in [4.69, 9.17) is 4.42 Å². The Morgan fingerprint density at radius 3 is 2.88 bits per heavy atom. The molecular weight excluding hydrogens is 198 g/mol. The summed E-state index contributed by atoms with van der Waals surface area (Å²) in [6, 6.07) is 10.2. The van der Waals surface area contributed by atoms with Crippen LogP contribution in [0, 0.1) is 0 Å². The molecule has 3 rings (SSSR count). The fourth-order valence-corrected chi connectivity index (χ4v) is 1.79. The molecule has 0 aliphatic carbocycles. The summed E-state index contributed by atoms with van der Waals surface area (Å²) in [6.45, 7) is 0. The first-order valence-corrected chi connectivity index (χ1v) is 5.20. The molecule has 1 aromatic carbocycles. The molecule has 0 bridgehead atoms. The van der Waals surface area contributed by atoms with Gasteiger partial charge in [0, 0.05) is 22.7 Å². The van der Waals surface area contributed by atoms with Crippen molar-refractivity contribution in [2.75, 3.05) is 0 Å². The first kappa shape index (κ1) is 9.04. The number of hydrogen-bond acceptors (Lipinski definition) is 1. The number of furan rings is 1. The number of aromatic nitrogens is 1. The molecule has 0 amide bonds. The molecule has 1 N–H and O–H groups in total. The van der Waals surface area contributed by atoms with Gasteiger partial charge in [-0.15, -0.1) is 0 Å². The number of rotatable bonds is 2. The van der Waals surface area contributed by atoms with Crippen molar-refractivity contribution in [1.82, 2.24) is 4.98 Å². The quantitative estimate of drug-likeness (QED) is 0.680. The lowest BCUT2D eigenvalue weighted by atomic mass is 10.1. The van der Waals surface area contributed by atoms with Crippen LogP contribution in [0.15, 0.2) is 53.5 Å². The van der Waals surface area contributed by atoms with Gasteiger partial charge in [-0.1, -0.05) is 30.4 Å². The first-order chi connectivity index (χ1) is 7.93. The lowest BCUT2D eigenvalue weighted by molar-refractivity contribution is 0.567. The molecule has 2 heterocycles. The van der Waals surface area contributed by atoms with Crippen molar-refractivity contribution >= 4 is 23.1 Å². The Morgan fingerprint density at radius 1 is 1.06 bits per heavy atom. The molecule has 2 aromatic heterocycles. The van der Waals surface area contributed by atoms with Gasteiger partial charge in [0.05, 0.1) is 12.5 Å². The molecule has 0 aliphatic heterocycles. The van der Waals surface area contributed by atoms with Crippen molar-refractivity contribution in [3.05, 3.63) is 60.2 Å². The van der Waals surface area contributed by atoms with Crippen LogP contribution in [0.5, 0.6) is 0 Å². The average molecular weight is 209 g/mol. The molecule has 0 saturated carbocycles. The van der Waals surface area contributed by atoms with Crippen LogP contribution < -0.4 is 0 Å². The Bertz CT molecular complexity index is 617. The van der Waals surface area contributed by atoms with E-state index in [1.807, 2.05) is 30.5 Å². The van der Waals surface area contributed by atoms with Gasteiger partial charge < -0.3 is 9.40 Å². The summed E-state index contributed by atoms with van der Waals surface area (Å²) >= 11 is 0. The first-order valence-electron chi connectivity index (χ1n) is 5.20. The maximum absolute atomic E-state index is 5.01. The van der Waals surface area contributed by atoms with Gasteiger partial charge in [-0.05, 0) is 17.7 Å². The summed E-state index contributed by atoms with van der Waals surface area (Å²) < 4.78 is 5.01. The summed E-state index contributed by atoms with van der Waals surface area (Å²) in [6.07, 6.45) is 9.55. The zero-order chi connectivity index (χ0) is 10.8. The summed E-state index contributed by atoms with van der Waals surface area (Å²) in [5.74, 6) is 0. The van der Waals surface area contributed by atoms with E-state index in [1.54, 1.807) is 12.5 Å². The van der Waals surface area contributed by atoms with Crippen molar-refractivity contribution < 1.29 is 4.42 Å². The van der Waals surface area contributed by atoms with Crippen LogP contribution >= 0.6 is 0 Å². The van der Waals surface area contributed by atoms with Crippen LogP contribution in [-0.2, 0) is 0 Å². The van der Waals surface area contributed by atoms with Gasteiger partial charge in [-0.3, -0.25) is 0 Å². The SMILES string of the molecule is C(=Cc1c[nH]c2ccccc12)c1ccoc1. The number of aromatic amines is 1. The number of hydrogen-bond donors (Lipinski definition) is 1. The molecule has 2 heteroatoms. The van der Waals surface area contributed by atoms with Gasteiger partial charge in [0.15, 0.2) is 0 Å². The van der Waals surface area contributed by atoms with E-state index in [-0.39, 0.29) is 0 Å². The van der Waals surface area contributed by atoms with Gasteiger partial charge in [-0.25, -0.2) is 0 Å². The summed E-state index contributed by atoms with van der Waals surface area (Å²) in [5.41, 5.74) is 3.43. The van der Waals surface area contributed by atoms with Crippen molar-refractivity contribution in [2.45, 2.75) is 0 Å². The molecule has 2 nitrogen and oxygen atoms in total. The predicted molar refractivity (Wildman–Crippen MR) is 65.9 cm³/mol. The Morgan fingerprint density at radius 2 is 2.00 bits per heavy atom. The number of H-pyrrole nitrogens is 1. The van der Waals surface area contributed by atoms with Gasteiger partial charge in [0.1, 0.15) is 0 Å². The van der Waals surface area contributed by atoms with Crippen LogP contribution in [0.25, 0.3) is 23.1 Å². The van der Waals surface area contributed by atoms with Gasteiger partial charge in [-0.2, -0.15) is 0 Å². The second-order valence-electron chi connectivity index (χ2n) is 3.68. The van der Waals surface area contributed by atoms with Crippen molar-refractivity contribution in [3.8, 4) is 0 Å². The summed E-state index contributed by atoms with van der Waals surface area (Å²) in [4.78, 5) is 3.24. The van der Waals surface area contributed by atoms with Crippen LogP contribution in [0.1, 0.15) is 11.1 Å². The fraction of sp³-hybridized carbons (Fsp3) is 0. The van der Waals surface area contributed by atoms with Crippen LogP contribution in [0.2, 0.25) is 0 Å². The Kier molecular flexibility index (Phi) is 2.11. The van der Waals surface area contributed by atoms with Gasteiger partial charge >= 0.3 is 0 Å².